The molecule has 0 aliphatic rings. The van der Waals surface area contributed by atoms with Gasteiger partial charge in [0.15, 0.2) is 6.10 Å². The number of unbranched alkanes of at least 4 members (excludes halogenated alkanes) is 13. The maximum absolute atomic E-state index is 10.4. The predicted molar refractivity (Wildman–Crippen MR) is 107 cm³/mol. The summed E-state index contributed by atoms with van der Waals surface area (Å²) < 4.78 is 0. The molecule has 0 heterocycles. The van der Waals surface area contributed by atoms with E-state index in [0.717, 1.165) is 12.8 Å². The van der Waals surface area contributed by atoms with Gasteiger partial charge in [-0.2, -0.15) is 0 Å². The molecule has 0 aromatic carbocycles. The molecule has 0 radical (unpaired) electrons. The number of aliphatic hydroxyl groups is 3. The van der Waals surface area contributed by atoms with Gasteiger partial charge in [0, 0.05) is 0 Å². The van der Waals surface area contributed by atoms with Crippen LogP contribution < -0.4 is 0 Å². The van der Waals surface area contributed by atoms with E-state index in [4.69, 9.17) is 20.4 Å². The highest BCUT2D eigenvalue weighted by molar-refractivity contribution is 5.71. The molecule has 2 atom stereocenters. The fraction of sp³-hybridized carbons (Fsp3) is 0.952. The lowest BCUT2D eigenvalue weighted by Gasteiger charge is -2.05. The summed E-state index contributed by atoms with van der Waals surface area (Å²) in [7, 11) is 0. The highest BCUT2D eigenvalue weighted by Gasteiger charge is 2.11. The maximum atomic E-state index is 10.4. The Balaban J connectivity index is 0. The summed E-state index contributed by atoms with van der Waals surface area (Å²) >= 11 is 0. The summed E-state index contributed by atoms with van der Waals surface area (Å²) in [5.74, 6) is -1.09. The standard InChI is InChI=1S/C18H36O3.C3H8O2/c1-2-3-4-5-6-7-8-9-10-11-12-13-14-15-16-17(19)18(20)21;1-3(5)2-4/h17,19H,2-16H2,1H3,(H,20,21);3-5H,2H2,1H3/t;3-/m.0/s1. The van der Waals surface area contributed by atoms with E-state index in [1.807, 2.05) is 0 Å². The fourth-order valence-corrected chi connectivity index (χ4v) is 2.66. The Labute approximate surface area is 160 Å². The highest BCUT2D eigenvalue weighted by Crippen LogP contribution is 2.13. The number of carboxylic acids is 1. The van der Waals surface area contributed by atoms with Crippen molar-refractivity contribution in [1.29, 1.82) is 0 Å². The Morgan fingerprint density at radius 1 is 0.731 bits per heavy atom. The van der Waals surface area contributed by atoms with E-state index in [1.54, 1.807) is 0 Å². The van der Waals surface area contributed by atoms with Crippen molar-refractivity contribution in [3.05, 3.63) is 0 Å². The average Bonchev–Trinajstić information content (AvgIpc) is 2.62. The first-order valence-electron chi connectivity index (χ1n) is 10.6. The predicted octanol–water partition coefficient (Wildman–Crippen LogP) is 4.66. The van der Waals surface area contributed by atoms with Gasteiger partial charge < -0.3 is 20.4 Å². The van der Waals surface area contributed by atoms with Crippen LogP contribution in [0.2, 0.25) is 0 Å². The molecular formula is C21H44O5. The van der Waals surface area contributed by atoms with Crippen molar-refractivity contribution < 1.29 is 25.2 Å². The summed E-state index contributed by atoms with van der Waals surface area (Å²) in [4.78, 5) is 10.4. The second-order valence-corrected chi connectivity index (χ2v) is 7.27. The molecule has 0 fully saturated rings. The Bertz CT molecular complexity index is 282. The number of carbonyl (C=O) groups is 1. The minimum atomic E-state index is -1.16. The molecule has 0 aliphatic carbocycles. The number of rotatable bonds is 17. The molecule has 5 heteroatoms. The van der Waals surface area contributed by atoms with Crippen LogP contribution >= 0.6 is 0 Å². The third-order valence-electron chi connectivity index (χ3n) is 4.38. The summed E-state index contributed by atoms with van der Waals surface area (Å²) in [5.41, 5.74) is 0. The van der Waals surface area contributed by atoms with Gasteiger partial charge in [0.2, 0.25) is 0 Å². The molecule has 0 spiro atoms. The fourth-order valence-electron chi connectivity index (χ4n) is 2.66. The molecule has 0 amide bonds. The zero-order valence-electron chi connectivity index (χ0n) is 17.2. The molecule has 0 aromatic heterocycles. The summed E-state index contributed by atoms with van der Waals surface area (Å²) in [6.07, 6.45) is 16.7. The Morgan fingerprint density at radius 3 is 1.31 bits per heavy atom. The van der Waals surface area contributed by atoms with Crippen LogP contribution in [-0.2, 0) is 4.79 Å². The lowest BCUT2D eigenvalue weighted by atomic mass is 10.0. The molecule has 4 N–H and O–H groups in total. The normalized spacial score (nSPS) is 13.0. The van der Waals surface area contributed by atoms with Gasteiger partial charge in [-0.1, -0.05) is 96.8 Å². The molecule has 0 bridgehead atoms. The van der Waals surface area contributed by atoms with E-state index in [9.17, 15) is 4.79 Å². The molecule has 1 unspecified atom stereocenters. The van der Waals surface area contributed by atoms with Crippen LogP contribution in [0.4, 0.5) is 0 Å². The third-order valence-corrected chi connectivity index (χ3v) is 4.38. The van der Waals surface area contributed by atoms with Crippen LogP contribution in [-0.4, -0.2) is 45.2 Å². The summed E-state index contributed by atoms with van der Waals surface area (Å²) in [6.45, 7) is 3.65. The van der Waals surface area contributed by atoms with Gasteiger partial charge in [-0.3, -0.25) is 0 Å². The van der Waals surface area contributed by atoms with Crippen LogP contribution in [0, 0.1) is 0 Å². The zero-order chi connectivity index (χ0) is 20.0. The van der Waals surface area contributed by atoms with Crippen molar-refractivity contribution in [2.75, 3.05) is 6.61 Å². The van der Waals surface area contributed by atoms with Gasteiger partial charge in [-0.15, -0.1) is 0 Å². The van der Waals surface area contributed by atoms with E-state index in [0.29, 0.717) is 6.42 Å². The minimum absolute atomic E-state index is 0.139. The zero-order valence-corrected chi connectivity index (χ0v) is 17.2. The topological polar surface area (TPSA) is 98.0 Å². The largest absolute Gasteiger partial charge is 0.479 e. The minimum Gasteiger partial charge on any atom is -0.479 e. The molecule has 158 valence electrons. The molecular weight excluding hydrogens is 332 g/mol. The first-order chi connectivity index (χ1) is 12.5. The van der Waals surface area contributed by atoms with Crippen molar-refractivity contribution in [3.8, 4) is 0 Å². The second-order valence-electron chi connectivity index (χ2n) is 7.27. The van der Waals surface area contributed by atoms with E-state index in [2.05, 4.69) is 6.92 Å². The van der Waals surface area contributed by atoms with Gasteiger partial charge in [0.25, 0.3) is 0 Å². The SMILES string of the molecule is CCCCCCCCCCCCCCCCC(O)C(=O)O.C[C@H](O)CO. The van der Waals surface area contributed by atoms with Crippen molar-refractivity contribution in [2.24, 2.45) is 0 Å². The lowest BCUT2D eigenvalue weighted by molar-refractivity contribution is -0.146. The Morgan fingerprint density at radius 2 is 1.04 bits per heavy atom. The molecule has 0 saturated heterocycles. The molecule has 5 nitrogen and oxygen atoms in total. The second kappa shape index (κ2) is 22.4. The van der Waals surface area contributed by atoms with E-state index < -0.39 is 18.2 Å². The molecule has 0 saturated carbocycles. The van der Waals surface area contributed by atoms with Crippen LogP contribution in [0.1, 0.15) is 110 Å². The number of hydrogen-bond acceptors (Lipinski definition) is 4. The number of carboxylic acid groups (broad SMARTS) is 1. The van der Waals surface area contributed by atoms with Crippen molar-refractivity contribution in [1.82, 2.24) is 0 Å². The van der Waals surface area contributed by atoms with Gasteiger partial charge in [-0.05, 0) is 13.3 Å². The van der Waals surface area contributed by atoms with Crippen LogP contribution in [0.3, 0.4) is 0 Å². The van der Waals surface area contributed by atoms with Gasteiger partial charge in [0.1, 0.15) is 0 Å². The van der Waals surface area contributed by atoms with Gasteiger partial charge >= 0.3 is 5.97 Å². The number of hydrogen-bond donors (Lipinski definition) is 4. The van der Waals surface area contributed by atoms with Gasteiger partial charge in [-0.25, -0.2) is 4.79 Å². The van der Waals surface area contributed by atoms with Gasteiger partial charge in [0.05, 0.1) is 12.7 Å². The van der Waals surface area contributed by atoms with Crippen LogP contribution in [0.5, 0.6) is 0 Å². The highest BCUT2D eigenvalue weighted by atomic mass is 16.4. The summed E-state index contributed by atoms with van der Waals surface area (Å²) in [5, 5.41) is 33.7. The molecule has 26 heavy (non-hydrogen) atoms. The monoisotopic (exact) mass is 376 g/mol. The van der Waals surface area contributed by atoms with Crippen molar-refractivity contribution >= 4 is 5.97 Å². The first kappa shape index (κ1) is 27.6. The van der Waals surface area contributed by atoms with E-state index >= 15 is 0 Å². The van der Waals surface area contributed by atoms with Crippen LogP contribution in [0.25, 0.3) is 0 Å². The quantitative estimate of drug-likeness (QED) is 0.277. The number of aliphatic carboxylic acids is 1. The maximum Gasteiger partial charge on any atom is 0.332 e. The van der Waals surface area contributed by atoms with E-state index in [1.165, 1.54) is 84.0 Å². The lowest BCUT2D eigenvalue weighted by Crippen LogP contribution is -2.18. The Kier molecular flexibility index (Phi) is 23.7. The smallest absolute Gasteiger partial charge is 0.332 e. The molecule has 0 aromatic rings. The van der Waals surface area contributed by atoms with E-state index in [-0.39, 0.29) is 6.61 Å². The molecule has 0 aliphatic heterocycles. The van der Waals surface area contributed by atoms with Crippen LogP contribution in [0.15, 0.2) is 0 Å². The molecule has 0 rings (SSSR count). The van der Waals surface area contributed by atoms with Crippen molar-refractivity contribution in [3.63, 3.8) is 0 Å². The summed E-state index contributed by atoms with van der Waals surface area (Å²) in [6, 6.07) is 0. The van der Waals surface area contributed by atoms with Crippen molar-refractivity contribution in [2.45, 2.75) is 122 Å². The first-order valence-corrected chi connectivity index (χ1v) is 10.6. The Hall–Kier alpha value is -0.650. The average molecular weight is 377 g/mol. The number of aliphatic hydroxyl groups excluding tert-OH is 3. The third kappa shape index (κ3) is 25.6.